The molecule has 0 spiro atoms. The maximum atomic E-state index is 12.4. The van der Waals surface area contributed by atoms with E-state index >= 15 is 0 Å². The lowest BCUT2D eigenvalue weighted by atomic mass is 10.0. The van der Waals surface area contributed by atoms with Gasteiger partial charge in [0.25, 0.3) is 5.91 Å². The summed E-state index contributed by atoms with van der Waals surface area (Å²) >= 11 is 0. The van der Waals surface area contributed by atoms with Crippen LogP contribution in [0.4, 0.5) is 5.69 Å². The monoisotopic (exact) mass is 279 g/mol. The zero-order valence-corrected chi connectivity index (χ0v) is 12.1. The number of carbonyl (C=O) groups excluding carboxylic acids is 1. The number of hydrogen-bond donors (Lipinski definition) is 2. The van der Waals surface area contributed by atoms with Gasteiger partial charge in [0.1, 0.15) is 0 Å². The molecular formula is C17H17N3O. The Morgan fingerprint density at radius 2 is 2.05 bits per heavy atom. The standard InChI is InChI=1S/C17H17N3O/c1-12-5-6-14(4-3-7-18)16(9-12)17(21)20-15-8-13(2)10-19-11-15/h5-6,8-11H,7,18H2,1-2H3,(H,20,21). The molecule has 0 saturated heterocycles. The number of nitrogens with zero attached hydrogens (tertiary/aromatic N) is 1. The van der Waals surface area contributed by atoms with Gasteiger partial charge < -0.3 is 11.1 Å². The first-order valence-electron chi connectivity index (χ1n) is 6.63. The van der Waals surface area contributed by atoms with E-state index in [9.17, 15) is 4.79 Å². The van der Waals surface area contributed by atoms with Crippen LogP contribution in [0.5, 0.6) is 0 Å². The van der Waals surface area contributed by atoms with Crippen molar-refractivity contribution in [2.24, 2.45) is 5.73 Å². The minimum Gasteiger partial charge on any atom is -0.321 e. The fraction of sp³-hybridized carbons (Fsp3) is 0.176. The van der Waals surface area contributed by atoms with Gasteiger partial charge in [-0.1, -0.05) is 23.5 Å². The summed E-state index contributed by atoms with van der Waals surface area (Å²) in [6.07, 6.45) is 3.35. The summed E-state index contributed by atoms with van der Waals surface area (Å²) < 4.78 is 0. The Balaban J connectivity index is 2.32. The van der Waals surface area contributed by atoms with E-state index in [-0.39, 0.29) is 12.5 Å². The number of amides is 1. The summed E-state index contributed by atoms with van der Waals surface area (Å²) in [5.41, 5.74) is 9.25. The van der Waals surface area contributed by atoms with E-state index in [4.69, 9.17) is 5.73 Å². The van der Waals surface area contributed by atoms with Gasteiger partial charge in [-0.25, -0.2) is 0 Å². The van der Waals surface area contributed by atoms with Gasteiger partial charge in [0.05, 0.1) is 24.0 Å². The van der Waals surface area contributed by atoms with Crippen LogP contribution in [0, 0.1) is 25.7 Å². The summed E-state index contributed by atoms with van der Waals surface area (Å²) in [5.74, 6) is 5.50. The molecule has 0 bridgehead atoms. The summed E-state index contributed by atoms with van der Waals surface area (Å²) in [7, 11) is 0. The minimum atomic E-state index is -0.201. The molecule has 0 aliphatic rings. The molecule has 1 heterocycles. The number of nitrogens with one attached hydrogen (secondary N) is 1. The third-order valence-electron chi connectivity index (χ3n) is 2.88. The van der Waals surface area contributed by atoms with Crippen LogP contribution in [0.15, 0.2) is 36.7 Å². The van der Waals surface area contributed by atoms with Crippen LogP contribution < -0.4 is 11.1 Å². The van der Waals surface area contributed by atoms with Crippen molar-refractivity contribution in [3.8, 4) is 11.8 Å². The number of pyridine rings is 1. The lowest BCUT2D eigenvalue weighted by molar-refractivity contribution is 0.102. The van der Waals surface area contributed by atoms with E-state index in [2.05, 4.69) is 22.1 Å². The molecule has 0 unspecified atom stereocenters. The number of aryl methyl sites for hydroxylation is 2. The van der Waals surface area contributed by atoms with Gasteiger partial charge >= 0.3 is 0 Å². The lowest BCUT2D eigenvalue weighted by Gasteiger charge is -2.08. The van der Waals surface area contributed by atoms with Gasteiger partial charge in [0.15, 0.2) is 0 Å². The second kappa shape index (κ2) is 6.69. The number of carbonyl (C=O) groups is 1. The van der Waals surface area contributed by atoms with Crippen molar-refractivity contribution < 1.29 is 4.79 Å². The van der Waals surface area contributed by atoms with Crippen molar-refractivity contribution in [2.45, 2.75) is 13.8 Å². The fourth-order valence-electron chi connectivity index (χ4n) is 1.92. The van der Waals surface area contributed by atoms with E-state index in [1.807, 2.05) is 38.1 Å². The zero-order chi connectivity index (χ0) is 15.2. The second-order valence-electron chi connectivity index (χ2n) is 4.76. The minimum absolute atomic E-state index is 0.201. The fourth-order valence-corrected chi connectivity index (χ4v) is 1.92. The van der Waals surface area contributed by atoms with Crippen molar-refractivity contribution in [1.82, 2.24) is 4.98 Å². The Hall–Kier alpha value is -2.64. The van der Waals surface area contributed by atoms with Crippen LogP contribution in [0.25, 0.3) is 0 Å². The van der Waals surface area contributed by atoms with Crippen molar-refractivity contribution in [2.75, 3.05) is 11.9 Å². The molecular weight excluding hydrogens is 262 g/mol. The smallest absolute Gasteiger partial charge is 0.256 e. The summed E-state index contributed by atoms with van der Waals surface area (Å²) in [6, 6.07) is 7.44. The molecule has 1 aromatic carbocycles. The molecule has 1 amide bonds. The first kappa shape index (κ1) is 14.8. The SMILES string of the molecule is Cc1cncc(NC(=O)c2cc(C)ccc2C#CCN)c1. The summed E-state index contributed by atoms with van der Waals surface area (Å²) in [5, 5.41) is 2.84. The molecule has 2 aromatic rings. The molecule has 106 valence electrons. The number of hydrogen-bond acceptors (Lipinski definition) is 3. The predicted octanol–water partition coefficient (Wildman–Crippen LogP) is 2.26. The van der Waals surface area contributed by atoms with Gasteiger partial charge in [-0.15, -0.1) is 0 Å². The maximum Gasteiger partial charge on any atom is 0.256 e. The number of benzene rings is 1. The quantitative estimate of drug-likeness (QED) is 0.829. The van der Waals surface area contributed by atoms with E-state index in [1.165, 1.54) is 0 Å². The normalized spacial score (nSPS) is 9.67. The Bertz CT molecular complexity index is 726. The van der Waals surface area contributed by atoms with E-state index in [0.29, 0.717) is 16.8 Å². The summed E-state index contributed by atoms with van der Waals surface area (Å²) in [6.45, 7) is 4.12. The van der Waals surface area contributed by atoms with Gasteiger partial charge in [-0.05, 0) is 37.6 Å². The molecule has 2 rings (SSSR count). The second-order valence-corrected chi connectivity index (χ2v) is 4.76. The van der Waals surface area contributed by atoms with E-state index < -0.39 is 0 Å². The lowest BCUT2D eigenvalue weighted by Crippen LogP contribution is -2.14. The molecule has 4 nitrogen and oxygen atoms in total. The highest BCUT2D eigenvalue weighted by Gasteiger charge is 2.11. The average Bonchev–Trinajstić information content (AvgIpc) is 2.46. The third-order valence-corrected chi connectivity index (χ3v) is 2.88. The van der Waals surface area contributed by atoms with Gasteiger partial charge in [0, 0.05) is 11.8 Å². The van der Waals surface area contributed by atoms with Crippen LogP contribution >= 0.6 is 0 Å². The maximum absolute atomic E-state index is 12.4. The summed E-state index contributed by atoms with van der Waals surface area (Å²) in [4.78, 5) is 16.5. The van der Waals surface area contributed by atoms with Gasteiger partial charge in [-0.3, -0.25) is 9.78 Å². The van der Waals surface area contributed by atoms with Crippen molar-refractivity contribution >= 4 is 11.6 Å². The first-order chi connectivity index (χ1) is 10.1. The van der Waals surface area contributed by atoms with Crippen molar-refractivity contribution in [3.05, 3.63) is 58.9 Å². The Morgan fingerprint density at radius 1 is 1.24 bits per heavy atom. The number of aromatic nitrogens is 1. The molecule has 21 heavy (non-hydrogen) atoms. The number of nitrogens with two attached hydrogens (primary N) is 1. The molecule has 0 radical (unpaired) electrons. The third kappa shape index (κ3) is 3.91. The van der Waals surface area contributed by atoms with E-state index in [0.717, 1.165) is 11.1 Å². The van der Waals surface area contributed by atoms with Crippen LogP contribution in [-0.4, -0.2) is 17.4 Å². The Kier molecular flexibility index (Phi) is 4.70. The molecule has 0 atom stereocenters. The largest absolute Gasteiger partial charge is 0.321 e. The Morgan fingerprint density at radius 3 is 2.76 bits per heavy atom. The average molecular weight is 279 g/mol. The highest BCUT2D eigenvalue weighted by atomic mass is 16.1. The predicted molar refractivity (Wildman–Crippen MR) is 84.0 cm³/mol. The van der Waals surface area contributed by atoms with Crippen LogP contribution in [-0.2, 0) is 0 Å². The van der Waals surface area contributed by atoms with Crippen molar-refractivity contribution in [1.29, 1.82) is 0 Å². The number of rotatable bonds is 2. The highest BCUT2D eigenvalue weighted by molar-refractivity contribution is 6.06. The van der Waals surface area contributed by atoms with Gasteiger partial charge in [0.2, 0.25) is 0 Å². The molecule has 0 saturated carbocycles. The highest BCUT2D eigenvalue weighted by Crippen LogP contribution is 2.14. The van der Waals surface area contributed by atoms with Gasteiger partial charge in [-0.2, -0.15) is 0 Å². The molecule has 3 N–H and O–H groups in total. The molecule has 1 aromatic heterocycles. The van der Waals surface area contributed by atoms with Crippen molar-refractivity contribution in [3.63, 3.8) is 0 Å². The zero-order valence-electron chi connectivity index (χ0n) is 12.1. The topological polar surface area (TPSA) is 68.0 Å². The van der Waals surface area contributed by atoms with Crippen LogP contribution in [0.1, 0.15) is 27.0 Å². The molecule has 4 heteroatoms. The van der Waals surface area contributed by atoms with Crippen LogP contribution in [0.2, 0.25) is 0 Å². The Labute approximate surface area is 124 Å². The molecule has 0 aliphatic carbocycles. The van der Waals surface area contributed by atoms with Crippen LogP contribution in [0.3, 0.4) is 0 Å². The molecule has 0 aliphatic heterocycles. The first-order valence-corrected chi connectivity index (χ1v) is 6.63. The molecule has 0 fully saturated rings. The van der Waals surface area contributed by atoms with E-state index in [1.54, 1.807) is 12.4 Å². The number of anilines is 1.